The topological polar surface area (TPSA) is 0 Å². The van der Waals surface area contributed by atoms with Crippen LogP contribution in [0.1, 0.15) is 5.56 Å². The molecular formula is C20H13. The van der Waals surface area contributed by atoms with Gasteiger partial charge in [0, 0.05) is 6.42 Å². The predicted octanol–water partition coefficient (Wildman–Crippen LogP) is 2.84. The Morgan fingerprint density at radius 3 is 2.85 bits per heavy atom. The average Bonchev–Trinajstić information content (AvgIpc) is 2.50. The van der Waals surface area contributed by atoms with E-state index in [0.29, 0.717) is 0 Å². The van der Waals surface area contributed by atoms with Gasteiger partial charge in [-0.05, 0) is 38.8 Å². The van der Waals surface area contributed by atoms with E-state index in [0.717, 1.165) is 0 Å². The Kier molecular flexibility index (Phi) is 1.78. The van der Waals surface area contributed by atoms with Crippen molar-refractivity contribution in [1.82, 2.24) is 0 Å². The maximum atomic E-state index is 2.34. The van der Waals surface area contributed by atoms with E-state index in [1.165, 1.54) is 32.7 Å². The summed E-state index contributed by atoms with van der Waals surface area (Å²) in [7, 11) is 0. The second-order valence-corrected chi connectivity index (χ2v) is 5.69. The molecule has 0 saturated carbocycles. The van der Waals surface area contributed by atoms with Crippen molar-refractivity contribution < 1.29 is 0 Å². The highest BCUT2D eigenvalue weighted by Crippen LogP contribution is 2.50. The molecule has 1 unspecified atom stereocenters. The number of hydrogen-bond acceptors (Lipinski definition) is 0. The first kappa shape index (κ1) is 10.4. The van der Waals surface area contributed by atoms with E-state index in [4.69, 9.17) is 0 Å². The van der Waals surface area contributed by atoms with Crippen molar-refractivity contribution in [2.75, 3.05) is 0 Å². The minimum Gasteiger partial charge on any atom is -0.0682 e. The minimum absolute atomic E-state index is 0.0628. The second kappa shape index (κ2) is 3.40. The Morgan fingerprint density at radius 1 is 0.900 bits per heavy atom. The van der Waals surface area contributed by atoms with Crippen LogP contribution in [-0.4, -0.2) is 0 Å². The van der Waals surface area contributed by atoms with Gasteiger partial charge in [0.1, 0.15) is 0 Å². The molecule has 5 rings (SSSR count). The molecule has 93 valence electrons. The Labute approximate surface area is 118 Å². The molecule has 1 aromatic carbocycles. The number of rotatable bonds is 0. The molecule has 0 saturated heterocycles. The second-order valence-electron chi connectivity index (χ2n) is 5.69. The fourth-order valence-corrected chi connectivity index (χ4v) is 3.83. The maximum absolute atomic E-state index is 2.34. The highest BCUT2D eigenvalue weighted by Gasteiger charge is 2.39. The van der Waals surface area contributed by atoms with Crippen molar-refractivity contribution in [2.45, 2.75) is 0 Å². The van der Waals surface area contributed by atoms with E-state index in [9.17, 15) is 0 Å². The molecule has 0 heteroatoms. The van der Waals surface area contributed by atoms with Crippen LogP contribution in [0.25, 0.3) is 17.7 Å². The summed E-state index contributed by atoms with van der Waals surface area (Å²) in [6, 6.07) is 6.59. The average molecular weight is 253 g/mol. The fourth-order valence-electron chi connectivity index (χ4n) is 3.83. The van der Waals surface area contributed by atoms with Gasteiger partial charge < -0.3 is 0 Å². The summed E-state index contributed by atoms with van der Waals surface area (Å²) in [4.78, 5) is 0. The Balaban J connectivity index is 2.07. The van der Waals surface area contributed by atoms with Crippen molar-refractivity contribution in [3.8, 4) is 0 Å². The first-order chi connectivity index (χ1) is 9.88. The van der Waals surface area contributed by atoms with Gasteiger partial charge in [0.05, 0.1) is 5.41 Å². The summed E-state index contributed by atoms with van der Waals surface area (Å²) in [6.07, 6.45) is 22.5. The third-order valence-corrected chi connectivity index (χ3v) is 4.69. The van der Waals surface area contributed by atoms with Crippen LogP contribution in [0.4, 0.5) is 0 Å². The van der Waals surface area contributed by atoms with Crippen molar-refractivity contribution >= 4 is 17.7 Å². The highest BCUT2D eigenvalue weighted by molar-refractivity contribution is 5.91. The van der Waals surface area contributed by atoms with Crippen molar-refractivity contribution in [2.24, 2.45) is 5.41 Å². The van der Waals surface area contributed by atoms with E-state index in [2.05, 4.69) is 79.3 Å². The molecule has 0 amide bonds. The molecule has 0 N–H and O–H groups in total. The number of allylic oxidation sites excluding steroid dienone is 9. The van der Waals surface area contributed by atoms with E-state index in [1.807, 2.05) is 0 Å². The minimum atomic E-state index is -0.0628. The van der Waals surface area contributed by atoms with Gasteiger partial charge in [-0.3, -0.25) is 0 Å². The maximum Gasteiger partial charge on any atom is 0.0578 e. The Morgan fingerprint density at radius 2 is 1.85 bits per heavy atom. The highest BCUT2D eigenvalue weighted by atomic mass is 14.4. The largest absolute Gasteiger partial charge is 0.0682 e. The quantitative estimate of drug-likeness (QED) is 0.667. The molecule has 4 aliphatic rings. The summed E-state index contributed by atoms with van der Waals surface area (Å²) in [6.45, 7) is 0. The lowest BCUT2D eigenvalue weighted by Gasteiger charge is -2.40. The van der Waals surface area contributed by atoms with Crippen LogP contribution in [0.3, 0.4) is 0 Å². The molecule has 1 spiro atoms. The summed E-state index contributed by atoms with van der Waals surface area (Å²) in [5, 5.41) is 2.75. The smallest absolute Gasteiger partial charge is 0.0578 e. The van der Waals surface area contributed by atoms with E-state index >= 15 is 0 Å². The van der Waals surface area contributed by atoms with Gasteiger partial charge in [0.15, 0.2) is 0 Å². The normalized spacial score (nSPS) is 27.3. The molecule has 20 heavy (non-hydrogen) atoms. The molecule has 0 nitrogen and oxygen atoms in total. The lowest BCUT2D eigenvalue weighted by Crippen LogP contribution is -2.42. The Hall–Kier alpha value is -2.34. The van der Waals surface area contributed by atoms with Crippen LogP contribution in [0.15, 0.2) is 71.9 Å². The van der Waals surface area contributed by atoms with Crippen LogP contribution in [0, 0.1) is 11.8 Å². The van der Waals surface area contributed by atoms with Gasteiger partial charge in [0.2, 0.25) is 0 Å². The van der Waals surface area contributed by atoms with E-state index in [1.54, 1.807) is 0 Å². The van der Waals surface area contributed by atoms with Crippen molar-refractivity contribution in [3.63, 3.8) is 0 Å². The molecule has 0 heterocycles. The lowest BCUT2D eigenvalue weighted by molar-refractivity contribution is 0.780. The fraction of sp³-hybridized carbons (Fsp3) is 0.0500. The molecule has 4 aliphatic carbocycles. The van der Waals surface area contributed by atoms with Crippen molar-refractivity contribution in [3.05, 3.63) is 94.3 Å². The van der Waals surface area contributed by atoms with Gasteiger partial charge in [-0.25, -0.2) is 0 Å². The molecule has 0 fully saturated rings. The zero-order chi connectivity index (χ0) is 13.2. The number of benzene rings is 1. The SMILES string of the molecule is [CH]1C=c2cccc3c2=C2C1=CC=CC21C=CC=CC1=C3. The first-order valence-corrected chi connectivity index (χ1v) is 7.05. The van der Waals surface area contributed by atoms with Crippen LogP contribution in [0.2, 0.25) is 0 Å². The van der Waals surface area contributed by atoms with Crippen LogP contribution in [-0.2, 0) is 0 Å². The molecule has 1 atom stereocenters. The van der Waals surface area contributed by atoms with Crippen LogP contribution >= 0.6 is 0 Å². The van der Waals surface area contributed by atoms with Crippen LogP contribution < -0.4 is 10.4 Å². The monoisotopic (exact) mass is 253 g/mol. The van der Waals surface area contributed by atoms with Gasteiger partial charge >= 0.3 is 0 Å². The molecular weight excluding hydrogens is 240 g/mol. The molecule has 0 aliphatic heterocycles. The lowest BCUT2D eigenvalue weighted by atomic mass is 9.62. The molecule has 0 bridgehead atoms. The van der Waals surface area contributed by atoms with Crippen LogP contribution in [0.5, 0.6) is 0 Å². The first-order valence-electron chi connectivity index (χ1n) is 7.05. The predicted molar refractivity (Wildman–Crippen MR) is 83.8 cm³/mol. The van der Waals surface area contributed by atoms with Crippen molar-refractivity contribution in [1.29, 1.82) is 0 Å². The van der Waals surface area contributed by atoms with Gasteiger partial charge in [-0.15, -0.1) is 0 Å². The van der Waals surface area contributed by atoms with Gasteiger partial charge in [-0.1, -0.05) is 66.8 Å². The summed E-state index contributed by atoms with van der Waals surface area (Å²) in [5.74, 6) is 0. The summed E-state index contributed by atoms with van der Waals surface area (Å²) in [5.41, 5.74) is 5.45. The third-order valence-electron chi connectivity index (χ3n) is 4.69. The zero-order valence-corrected chi connectivity index (χ0v) is 11.0. The summed E-state index contributed by atoms with van der Waals surface area (Å²) < 4.78 is 0. The van der Waals surface area contributed by atoms with Gasteiger partial charge in [-0.2, -0.15) is 0 Å². The third kappa shape index (κ3) is 1.09. The van der Waals surface area contributed by atoms with E-state index < -0.39 is 0 Å². The number of hydrogen-bond donors (Lipinski definition) is 0. The molecule has 0 aromatic heterocycles. The molecule has 1 radical (unpaired) electrons. The zero-order valence-electron chi connectivity index (χ0n) is 11.0. The molecule has 1 aromatic rings. The standard InChI is InChI=1S/C20H13/c1-2-11-20-12-4-7-15-10-9-14-5-3-6-16(13-17(20)8-1)18(14)19(15)20/h1-13H. The van der Waals surface area contributed by atoms with E-state index in [-0.39, 0.29) is 5.41 Å². The van der Waals surface area contributed by atoms with Gasteiger partial charge in [0.25, 0.3) is 0 Å². The Bertz CT molecular complexity index is 913. The summed E-state index contributed by atoms with van der Waals surface area (Å²) >= 11 is 0.